The summed E-state index contributed by atoms with van der Waals surface area (Å²) in [4.78, 5) is 24.7. The summed E-state index contributed by atoms with van der Waals surface area (Å²) < 4.78 is 57.2. The largest absolute Gasteiger partial charge is 0.493 e. The number of carbonyl (C=O) groups excluding carboxylic acids is 2. The van der Waals surface area contributed by atoms with Gasteiger partial charge in [-0.05, 0) is 54.0 Å². The molecule has 0 bridgehead atoms. The van der Waals surface area contributed by atoms with Gasteiger partial charge in [0.1, 0.15) is 18.0 Å². The SMILES string of the molecule is CCOC(=O)C[C@H]1O[C@H](c2cccc(OCC)c2Br)c2cc(C(F)(F)F)ccc2NC1=O. The number of hydrogen-bond acceptors (Lipinski definition) is 5. The maximum absolute atomic E-state index is 13.4. The van der Waals surface area contributed by atoms with E-state index in [2.05, 4.69) is 21.2 Å². The lowest BCUT2D eigenvalue weighted by molar-refractivity contribution is -0.150. The number of rotatable bonds is 6. The maximum atomic E-state index is 13.4. The average molecular weight is 516 g/mol. The highest BCUT2D eigenvalue weighted by Crippen LogP contribution is 2.43. The zero-order valence-corrected chi connectivity index (χ0v) is 18.9. The van der Waals surface area contributed by atoms with Gasteiger partial charge in [-0.25, -0.2) is 0 Å². The van der Waals surface area contributed by atoms with E-state index < -0.39 is 35.8 Å². The first kappa shape index (κ1) is 24.1. The standard InChI is InChI=1S/C22H21BrF3NO5/c1-3-30-16-7-5-6-13(19(16)23)20-14-10-12(22(24,25)26)8-9-15(14)27-21(29)17(32-20)11-18(28)31-4-2/h5-10,17,20H,3-4,11H2,1-2H3,(H,27,29)/t17-,20-/m1/s1. The van der Waals surface area contributed by atoms with Crippen molar-refractivity contribution < 1.29 is 37.0 Å². The predicted octanol–water partition coefficient (Wildman–Crippen LogP) is 5.25. The number of nitrogens with one attached hydrogen (secondary N) is 1. The van der Waals surface area contributed by atoms with Gasteiger partial charge in [0.2, 0.25) is 0 Å². The molecule has 0 fully saturated rings. The van der Waals surface area contributed by atoms with Gasteiger partial charge in [0.25, 0.3) is 5.91 Å². The monoisotopic (exact) mass is 515 g/mol. The zero-order chi connectivity index (χ0) is 23.5. The molecule has 1 aliphatic rings. The summed E-state index contributed by atoms with van der Waals surface area (Å²) in [5.41, 5.74) is -0.177. The molecular weight excluding hydrogens is 495 g/mol. The van der Waals surface area contributed by atoms with E-state index in [-0.39, 0.29) is 24.3 Å². The highest BCUT2D eigenvalue weighted by Gasteiger charge is 2.37. The van der Waals surface area contributed by atoms with Crippen molar-refractivity contribution in [3.8, 4) is 5.75 Å². The van der Waals surface area contributed by atoms with Gasteiger partial charge in [-0.3, -0.25) is 9.59 Å². The Bertz CT molecular complexity index is 1010. The van der Waals surface area contributed by atoms with Crippen molar-refractivity contribution in [1.82, 2.24) is 0 Å². The minimum atomic E-state index is -4.59. The Kier molecular flexibility index (Phi) is 7.45. The Morgan fingerprint density at radius 3 is 2.56 bits per heavy atom. The Balaban J connectivity index is 2.13. The number of alkyl halides is 3. The van der Waals surface area contributed by atoms with Crippen LogP contribution in [0.15, 0.2) is 40.9 Å². The van der Waals surface area contributed by atoms with Crippen LogP contribution < -0.4 is 10.1 Å². The molecular formula is C22H21BrF3NO5. The number of esters is 1. The molecule has 32 heavy (non-hydrogen) atoms. The molecule has 0 aliphatic carbocycles. The summed E-state index contributed by atoms with van der Waals surface area (Å²) in [5, 5.41) is 2.57. The van der Waals surface area contributed by atoms with Crippen LogP contribution in [0.1, 0.15) is 43.1 Å². The molecule has 1 amide bonds. The molecule has 0 aromatic heterocycles. The number of hydrogen-bond donors (Lipinski definition) is 1. The summed E-state index contributed by atoms with van der Waals surface area (Å²) in [5.74, 6) is -0.846. The predicted molar refractivity (Wildman–Crippen MR) is 113 cm³/mol. The van der Waals surface area contributed by atoms with Gasteiger partial charge in [0.05, 0.1) is 29.7 Å². The maximum Gasteiger partial charge on any atom is 0.416 e. The topological polar surface area (TPSA) is 73.9 Å². The first-order valence-electron chi connectivity index (χ1n) is 9.90. The van der Waals surface area contributed by atoms with E-state index in [9.17, 15) is 22.8 Å². The molecule has 0 radical (unpaired) electrons. The summed E-state index contributed by atoms with van der Waals surface area (Å²) in [6.07, 6.45) is -7.35. The van der Waals surface area contributed by atoms with Crippen LogP contribution in [0.3, 0.4) is 0 Å². The summed E-state index contributed by atoms with van der Waals surface area (Å²) in [7, 11) is 0. The molecule has 0 saturated heterocycles. The third-order valence-electron chi connectivity index (χ3n) is 4.74. The molecule has 0 saturated carbocycles. The van der Waals surface area contributed by atoms with Gasteiger partial charge in [-0.1, -0.05) is 12.1 Å². The van der Waals surface area contributed by atoms with Crippen molar-refractivity contribution in [3.05, 3.63) is 57.6 Å². The second-order valence-corrected chi connectivity index (χ2v) is 7.69. The smallest absolute Gasteiger partial charge is 0.416 e. The van der Waals surface area contributed by atoms with Crippen LogP contribution in [0.2, 0.25) is 0 Å². The first-order valence-corrected chi connectivity index (χ1v) is 10.7. The van der Waals surface area contributed by atoms with Crippen LogP contribution in [0, 0.1) is 0 Å². The number of carbonyl (C=O) groups is 2. The van der Waals surface area contributed by atoms with Gasteiger partial charge >= 0.3 is 12.1 Å². The third-order valence-corrected chi connectivity index (χ3v) is 5.59. The number of halogens is 4. The minimum absolute atomic E-state index is 0.105. The number of anilines is 1. The van der Waals surface area contributed by atoms with E-state index in [1.54, 1.807) is 32.0 Å². The fraction of sp³-hybridized carbons (Fsp3) is 0.364. The Labute approximate surface area is 191 Å². The van der Waals surface area contributed by atoms with Crippen LogP contribution >= 0.6 is 15.9 Å². The second-order valence-electron chi connectivity index (χ2n) is 6.90. The van der Waals surface area contributed by atoms with Crippen molar-refractivity contribution >= 4 is 33.5 Å². The van der Waals surface area contributed by atoms with E-state index in [0.29, 0.717) is 22.4 Å². The number of ether oxygens (including phenoxy) is 3. The Morgan fingerprint density at radius 2 is 1.91 bits per heavy atom. The molecule has 2 atom stereocenters. The summed E-state index contributed by atoms with van der Waals surface area (Å²) in [6.45, 7) is 3.91. The second kappa shape index (κ2) is 9.91. The van der Waals surface area contributed by atoms with Crippen molar-refractivity contribution in [2.75, 3.05) is 18.5 Å². The molecule has 3 rings (SSSR count). The van der Waals surface area contributed by atoms with Crippen LogP contribution in [0.4, 0.5) is 18.9 Å². The van der Waals surface area contributed by atoms with Gasteiger partial charge in [-0.15, -0.1) is 0 Å². The lowest BCUT2D eigenvalue weighted by Gasteiger charge is -2.24. The van der Waals surface area contributed by atoms with Crippen LogP contribution in [-0.4, -0.2) is 31.2 Å². The lowest BCUT2D eigenvalue weighted by atomic mass is 9.97. The molecule has 2 aromatic rings. The van der Waals surface area contributed by atoms with E-state index >= 15 is 0 Å². The summed E-state index contributed by atoms with van der Waals surface area (Å²) in [6, 6.07) is 8.01. The normalized spacial score (nSPS) is 18.4. The molecule has 1 heterocycles. The third kappa shape index (κ3) is 5.24. The number of fused-ring (bicyclic) bond motifs is 1. The number of amides is 1. The molecule has 2 aromatic carbocycles. The molecule has 0 spiro atoms. The molecule has 1 N–H and O–H groups in total. The fourth-order valence-corrected chi connectivity index (χ4v) is 3.92. The fourth-order valence-electron chi connectivity index (χ4n) is 3.33. The quantitative estimate of drug-likeness (QED) is 0.532. The van der Waals surface area contributed by atoms with Crippen molar-refractivity contribution in [2.45, 2.75) is 38.7 Å². The van der Waals surface area contributed by atoms with Crippen molar-refractivity contribution in [3.63, 3.8) is 0 Å². The van der Waals surface area contributed by atoms with Gasteiger partial charge in [0, 0.05) is 16.8 Å². The van der Waals surface area contributed by atoms with Gasteiger partial charge in [-0.2, -0.15) is 13.2 Å². The van der Waals surface area contributed by atoms with Crippen LogP contribution in [0.5, 0.6) is 5.75 Å². The minimum Gasteiger partial charge on any atom is -0.493 e. The van der Waals surface area contributed by atoms with E-state index in [1.807, 2.05) is 0 Å². The van der Waals surface area contributed by atoms with Crippen molar-refractivity contribution in [1.29, 1.82) is 0 Å². The van der Waals surface area contributed by atoms with Crippen molar-refractivity contribution in [2.24, 2.45) is 0 Å². The highest BCUT2D eigenvalue weighted by atomic mass is 79.9. The molecule has 1 aliphatic heterocycles. The van der Waals surface area contributed by atoms with E-state index in [0.717, 1.165) is 12.1 Å². The molecule has 6 nitrogen and oxygen atoms in total. The summed E-state index contributed by atoms with van der Waals surface area (Å²) >= 11 is 3.44. The Hall–Kier alpha value is -2.59. The zero-order valence-electron chi connectivity index (χ0n) is 17.3. The first-order chi connectivity index (χ1) is 15.2. The van der Waals surface area contributed by atoms with Gasteiger partial charge < -0.3 is 19.5 Å². The lowest BCUT2D eigenvalue weighted by Crippen LogP contribution is -2.32. The van der Waals surface area contributed by atoms with Crippen LogP contribution in [-0.2, 0) is 25.2 Å². The van der Waals surface area contributed by atoms with E-state index in [4.69, 9.17) is 14.2 Å². The van der Waals surface area contributed by atoms with Crippen LogP contribution in [0.25, 0.3) is 0 Å². The number of benzene rings is 2. The molecule has 10 heteroatoms. The highest BCUT2D eigenvalue weighted by molar-refractivity contribution is 9.10. The Morgan fingerprint density at radius 1 is 1.16 bits per heavy atom. The van der Waals surface area contributed by atoms with E-state index in [1.165, 1.54) is 6.07 Å². The van der Waals surface area contributed by atoms with Gasteiger partial charge in [0.15, 0.2) is 0 Å². The molecule has 172 valence electrons. The molecule has 0 unspecified atom stereocenters. The average Bonchev–Trinajstić information content (AvgIpc) is 2.85.